The van der Waals surface area contributed by atoms with E-state index in [2.05, 4.69) is 5.32 Å². The van der Waals surface area contributed by atoms with E-state index in [1.807, 2.05) is 13.0 Å². The van der Waals surface area contributed by atoms with E-state index < -0.39 is 27.4 Å². The van der Waals surface area contributed by atoms with Crippen LogP contribution in [0.15, 0.2) is 36.4 Å². The van der Waals surface area contributed by atoms with Crippen LogP contribution in [0.4, 0.5) is 17.1 Å². The third kappa shape index (κ3) is 5.04. The molecule has 1 amide bonds. The van der Waals surface area contributed by atoms with E-state index >= 15 is 0 Å². The summed E-state index contributed by atoms with van der Waals surface area (Å²) in [7, 11) is -3.71. The summed E-state index contributed by atoms with van der Waals surface area (Å²) >= 11 is 0. The zero-order valence-corrected chi connectivity index (χ0v) is 16.3. The van der Waals surface area contributed by atoms with Gasteiger partial charge in [0.25, 0.3) is 5.69 Å². The molecule has 0 saturated heterocycles. The highest BCUT2D eigenvalue weighted by Crippen LogP contribution is 2.25. The number of rotatable bonds is 6. The van der Waals surface area contributed by atoms with Gasteiger partial charge in [0, 0.05) is 12.1 Å². The smallest absolute Gasteiger partial charge is 0.271 e. The topological polar surface area (TPSA) is 110 Å². The third-order valence-electron chi connectivity index (χ3n) is 4.01. The molecule has 0 aliphatic rings. The van der Waals surface area contributed by atoms with E-state index in [4.69, 9.17) is 0 Å². The van der Waals surface area contributed by atoms with Gasteiger partial charge in [-0.15, -0.1) is 0 Å². The van der Waals surface area contributed by atoms with Gasteiger partial charge in [-0.2, -0.15) is 0 Å². The van der Waals surface area contributed by atoms with Crippen molar-refractivity contribution >= 4 is 33.0 Å². The van der Waals surface area contributed by atoms with E-state index in [0.29, 0.717) is 11.3 Å². The summed E-state index contributed by atoms with van der Waals surface area (Å²) in [4.78, 5) is 22.8. The third-order valence-corrected chi connectivity index (χ3v) is 5.14. The maximum atomic E-state index is 12.5. The minimum absolute atomic E-state index is 0.162. The number of benzene rings is 2. The second kappa shape index (κ2) is 7.75. The van der Waals surface area contributed by atoms with Crippen molar-refractivity contribution in [3.8, 4) is 0 Å². The van der Waals surface area contributed by atoms with Crippen molar-refractivity contribution in [3.05, 3.63) is 63.2 Å². The second-order valence-electron chi connectivity index (χ2n) is 6.36. The summed E-state index contributed by atoms with van der Waals surface area (Å²) in [6, 6.07) is 9.35. The summed E-state index contributed by atoms with van der Waals surface area (Å²) < 4.78 is 25.5. The molecule has 9 heteroatoms. The van der Waals surface area contributed by atoms with Gasteiger partial charge in [0.15, 0.2) is 0 Å². The molecule has 144 valence electrons. The molecule has 2 rings (SSSR count). The first-order valence-electron chi connectivity index (χ1n) is 8.09. The normalized spacial score (nSPS) is 11.1. The van der Waals surface area contributed by atoms with Crippen LogP contribution in [-0.2, 0) is 14.8 Å². The van der Waals surface area contributed by atoms with Gasteiger partial charge in [-0.1, -0.05) is 23.8 Å². The number of hydrogen-bond acceptors (Lipinski definition) is 5. The largest absolute Gasteiger partial charge is 0.324 e. The van der Waals surface area contributed by atoms with Crippen LogP contribution in [0.1, 0.15) is 16.7 Å². The molecule has 0 aromatic heterocycles. The Balaban J connectivity index is 2.30. The van der Waals surface area contributed by atoms with Gasteiger partial charge in [0.05, 0.1) is 22.6 Å². The Kier molecular flexibility index (Phi) is 5.85. The molecular weight excluding hydrogens is 370 g/mol. The SMILES string of the molecule is Cc1ccc(N(CC(=O)Nc2cc([N+](=O)[O-])ccc2C)S(C)(=O)=O)c(C)c1. The molecule has 0 radical (unpaired) electrons. The molecule has 0 saturated carbocycles. The zero-order chi connectivity index (χ0) is 20.4. The van der Waals surface area contributed by atoms with E-state index in [-0.39, 0.29) is 11.4 Å². The number of anilines is 2. The lowest BCUT2D eigenvalue weighted by atomic mass is 10.1. The number of aryl methyl sites for hydroxylation is 3. The van der Waals surface area contributed by atoms with Crippen molar-refractivity contribution in [1.82, 2.24) is 0 Å². The van der Waals surface area contributed by atoms with Gasteiger partial charge in [0.1, 0.15) is 6.54 Å². The van der Waals surface area contributed by atoms with Crippen LogP contribution in [-0.4, -0.2) is 32.0 Å². The lowest BCUT2D eigenvalue weighted by Gasteiger charge is -2.24. The molecule has 0 spiro atoms. The lowest BCUT2D eigenvalue weighted by Crippen LogP contribution is -2.38. The molecule has 0 heterocycles. The summed E-state index contributed by atoms with van der Waals surface area (Å²) in [5, 5.41) is 13.5. The number of nitrogens with zero attached hydrogens (tertiary/aromatic N) is 2. The molecule has 8 nitrogen and oxygen atoms in total. The molecule has 0 aliphatic heterocycles. The molecular formula is C18H21N3O5S. The van der Waals surface area contributed by atoms with Crippen molar-refractivity contribution in [2.45, 2.75) is 20.8 Å². The Bertz CT molecular complexity index is 1000. The Morgan fingerprint density at radius 1 is 1.11 bits per heavy atom. The van der Waals surface area contributed by atoms with E-state index in [0.717, 1.165) is 21.7 Å². The zero-order valence-electron chi connectivity index (χ0n) is 15.5. The Labute approximate surface area is 158 Å². The number of sulfonamides is 1. The molecule has 0 fully saturated rings. The number of carbonyl (C=O) groups is 1. The number of non-ortho nitro benzene ring substituents is 1. The minimum atomic E-state index is -3.71. The predicted molar refractivity (Wildman–Crippen MR) is 105 cm³/mol. The van der Waals surface area contributed by atoms with Gasteiger partial charge in [0.2, 0.25) is 15.9 Å². The number of hydrogen-bond donors (Lipinski definition) is 1. The predicted octanol–water partition coefficient (Wildman–Crippen LogP) is 2.92. The standard InChI is InChI=1S/C18H21N3O5S/c1-12-5-8-17(14(3)9-12)20(27(4,25)26)11-18(22)19-16-10-15(21(23)24)7-6-13(16)2/h5-10H,11H2,1-4H3,(H,19,22). The van der Waals surface area contributed by atoms with Crippen LogP contribution in [0.5, 0.6) is 0 Å². The number of amides is 1. The summed E-state index contributed by atoms with van der Waals surface area (Å²) in [5.41, 5.74) is 2.84. The monoisotopic (exact) mass is 391 g/mol. The van der Waals surface area contributed by atoms with Gasteiger partial charge in [-0.05, 0) is 38.0 Å². The maximum absolute atomic E-state index is 12.5. The van der Waals surface area contributed by atoms with Crippen LogP contribution in [0.25, 0.3) is 0 Å². The quantitative estimate of drug-likeness (QED) is 0.601. The van der Waals surface area contributed by atoms with Crippen LogP contribution in [0.3, 0.4) is 0 Å². The maximum Gasteiger partial charge on any atom is 0.271 e. The summed E-state index contributed by atoms with van der Waals surface area (Å²) in [6.07, 6.45) is 1.03. The van der Waals surface area contributed by atoms with Crippen molar-refractivity contribution in [1.29, 1.82) is 0 Å². The van der Waals surface area contributed by atoms with Crippen molar-refractivity contribution in [2.75, 3.05) is 22.4 Å². The second-order valence-corrected chi connectivity index (χ2v) is 8.27. The number of nitro groups is 1. The van der Waals surface area contributed by atoms with Crippen LogP contribution < -0.4 is 9.62 Å². The summed E-state index contributed by atoms with van der Waals surface area (Å²) in [6.45, 7) is 4.91. The van der Waals surface area contributed by atoms with Gasteiger partial charge in [-0.25, -0.2) is 8.42 Å². The molecule has 0 unspecified atom stereocenters. The molecule has 27 heavy (non-hydrogen) atoms. The molecule has 0 bridgehead atoms. The fraction of sp³-hybridized carbons (Fsp3) is 0.278. The fourth-order valence-corrected chi connectivity index (χ4v) is 3.56. The average Bonchev–Trinajstić information content (AvgIpc) is 2.54. The molecule has 2 aromatic rings. The van der Waals surface area contributed by atoms with Crippen LogP contribution >= 0.6 is 0 Å². The molecule has 1 N–H and O–H groups in total. The van der Waals surface area contributed by atoms with Crippen molar-refractivity contribution in [2.24, 2.45) is 0 Å². The van der Waals surface area contributed by atoms with Crippen LogP contribution in [0.2, 0.25) is 0 Å². The van der Waals surface area contributed by atoms with Gasteiger partial charge >= 0.3 is 0 Å². The van der Waals surface area contributed by atoms with E-state index in [1.165, 1.54) is 18.2 Å². The highest BCUT2D eigenvalue weighted by Gasteiger charge is 2.23. The van der Waals surface area contributed by atoms with E-state index in [9.17, 15) is 23.3 Å². The fourth-order valence-electron chi connectivity index (χ4n) is 2.64. The number of nitro benzene ring substituents is 1. The highest BCUT2D eigenvalue weighted by atomic mass is 32.2. The number of nitrogens with one attached hydrogen (secondary N) is 1. The Hall–Kier alpha value is -2.94. The first kappa shape index (κ1) is 20.4. The minimum Gasteiger partial charge on any atom is -0.324 e. The van der Waals surface area contributed by atoms with Gasteiger partial charge in [-0.3, -0.25) is 19.2 Å². The molecule has 2 aromatic carbocycles. The average molecular weight is 391 g/mol. The molecule has 0 atom stereocenters. The van der Waals surface area contributed by atoms with Crippen molar-refractivity contribution < 1.29 is 18.1 Å². The highest BCUT2D eigenvalue weighted by molar-refractivity contribution is 7.92. The first-order valence-corrected chi connectivity index (χ1v) is 9.93. The summed E-state index contributed by atoms with van der Waals surface area (Å²) in [5.74, 6) is -0.594. The molecule has 0 aliphatic carbocycles. The Morgan fingerprint density at radius 2 is 1.78 bits per heavy atom. The van der Waals surface area contributed by atoms with Gasteiger partial charge < -0.3 is 5.32 Å². The Morgan fingerprint density at radius 3 is 2.33 bits per heavy atom. The van der Waals surface area contributed by atoms with Crippen LogP contribution in [0, 0.1) is 30.9 Å². The first-order chi connectivity index (χ1) is 12.5. The van der Waals surface area contributed by atoms with Crippen molar-refractivity contribution in [3.63, 3.8) is 0 Å². The lowest BCUT2D eigenvalue weighted by molar-refractivity contribution is -0.384. The van der Waals surface area contributed by atoms with E-state index in [1.54, 1.807) is 26.0 Å². The number of carbonyl (C=O) groups excluding carboxylic acids is 1.